The van der Waals surface area contributed by atoms with Crippen molar-refractivity contribution in [3.8, 4) is 0 Å². The van der Waals surface area contributed by atoms with Gasteiger partial charge in [0.25, 0.3) is 0 Å². The van der Waals surface area contributed by atoms with Crippen molar-refractivity contribution < 1.29 is 9.90 Å². The molecule has 1 aromatic rings. The normalized spacial score (nSPS) is 17.3. The van der Waals surface area contributed by atoms with Gasteiger partial charge in [-0.3, -0.25) is 9.69 Å². The van der Waals surface area contributed by atoms with Crippen molar-refractivity contribution in [2.24, 2.45) is 5.92 Å². The average Bonchev–Trinajstić information content (AvgIpc) is 2.58. The van der Waals surface area contributed by atoms with Crippen LogP contribution in [0.2, 0.25) is 0 Å². The van der Waals surface area contributed by atoms with Crippen LogP contribution >= 0.6 is 0 Å². The van der Waals surface area contributed by atoms with Crippen LogP contribution in [0.4, 0.5) is 0 Å². The van der Waals surface area contributed by atoms with Crippen LogP contribution < -0.4 is 0 Å². The zero-order chi connectivity index (χ0) is 11.5. The fraction of sp³-hybridized carbons (Fsp3) is 0.636. The van der Waals surface area contributed by atoms with Gasteiger partial charge in [-0.15, -0.1) is 0 Å². The molecular weight excluding hydrogens is 206 g/mol. The molecule has 1 aliphatic heterocycles. The maximum absolute atomic E-state index is 10.7. The second-order valence-corrected chi connectivity index (χ2v) is 4.31. The number of carboxylic acid groups (broad SMARTS) is 1. The highest BCUT2D eigenvalue weighted by atomic mass is 16.4. The molecule has 0 saturated carbocycles. The van der Waals surface area contributed by atoms with Gasteiger partial charge in [0.2, 0.25) is 0 Å². The van der Waals surface area contributed by atoms with E-state index in [1.54, 1.807) is 0 Å². The van der Waals surface area contributed by atoms with Crippen LogP contribution in [0, 0.1) is 5.92 Å². The number of aliphatic carboxylic acids is 1. The van der Waals surface area contributed by atoms with Gasteiger partial charge in [0.05, 0.1) is 17.9 Å². The summed E-state index contributed by atoms with van der Waals surface area (Å²) in [5.41, 5.74) is 1.17. The fourth-order valence-corrected chi connectivity index (χ4v) is 2.01. The molecule has 1 N–H and O–H groups in total. The molecule has 0 amide bonds. The smallest absolute Gasteiger partial charge is 0.309 e. The molecule has 2 heterocycles. The van der Waals surface area contributed by atoms with Gasteiger partial charge in [0.1, 0.15) is 0 Å². The number of rotatable bonds is 5. The van der Waals surface area contributed by atoms with E-state index in [2.05, 4.69) is 21.4 Å². The molecule has 0 radical (unpaired) electrons. The Bertz CT molecular complexity index is 369. The summed E-state index contributed by atoms with van der Waals surface area (Å²) in [4.78, 5) is 16.9. The lowest BCUT2D eigenvalue weighted by Gasteiger charge is -2.36. The maximum Gasteiger partial charge on any atom is 0.309 e. The topological polar surface area (TPSA) is 58.4 Å². The molecular formula is C11H17N3O2. The van der Waals surface area contributed by atoms with E-state index in [0.717, 1.165) is 19.5 Å². The minimum absolute atomic E-state index is 0.178. The molecule has 0 aromatic carbocycles. The Labute approximate surface area is 94.7 Å². The standard InChI is InChI=1S/C11H17N3O2/c1-2-3-14-8-12-4-10(14)7-13-5-9(6-13)11(15)16/h4,8-9H,2-3,5-7H2,1H3,(H,15,16). The van der Waals surface area contributed by atoms with Crippen molar-refractivity contribution in [2.45, 2.75) is 26.4 Å². The van der Waals surface area contributed by atoms with Gasteiger partial charge in [-0.25, -0.2) is 4.98 Å². The third-order valence-electron chi connectivity index (χ3n) is 2.96. The summed E-state index contributed by atoms with van der Waals surface area (Å²) in [6, 6.07) is 0. The van der Waals surface area contributed by atoms with Crippen LogP contribution in [-0.4, -0.2) is 38.6 Å². The summed E-state index contributed by atoms with van der Waals surface area (Å²) in [6.07, 6.45) is 4.79. The van der Waals surface area contributed by atoms with E-state index in [1.165, 1.54) is 5.69 Å². The maximum atomic E-state index is 10.7. The summed E-state index contributed by atoms with van der Waals surface area (Å²) in [5, 5.41) is 8.77. The van der Waals surface area contributed by atoms with Crippen LogP contribution in [-0.2, 0) is 17.9 Å². The lowest BCUT2D eigenvalue weighted by Crippen LogP contribution is -2.49. The number of hydrogen-bond donors (Lipinski definition) is 1. The predicted molar refractivity (Wildman–Crippen MR) is 58.9 cm³/mol. The minimum atomic E-state index is -0.682. The second-order valence-electron chi connectivity index (χ2n) is 4.31. The highest BCUT2D eigenvalue weighted by Crippen LogP contribution is 2.18. The zero-order valence-electron chi connectivity index (χ0n) is 9.46. The first kappa shape index (κ1) is 11.1. The lowest BCUT2D eigenvalue weighted by molar-refractivity contribution is -0.147. The lowest BCUT2D eigenvalue weighted by atomic mass is 10.0. The van der Waals surface area contributed by atoms with E-state index >= 15 is 0 Å². The third kappa shape index (κ3) is 2.24. The molecule has 1 aliphatic rings. The molecule has 2 rings (SSSR count). The third-order valence-corrected chi connectivity index (χ3v) is 2.96. The van der Waals surface area contributed by atoms with Gasteiger partial charge in [-0.1, -0.05) is 6.92 Å². The highest BCUT2D eigenvalue weighted by Gasteiger charge is 2.32. The molecule has 5 heteroatoms. The van der Waals surface area contributed by atoms with Gasteiger partial charge in [-0.2, -0.15) is 0 Å². The van der Waals surface area contributed by atoms with Crippen molar-refractivity contribution >= 4 is 5.97 Å². The van der Waals surface area contributed by atoms with E-state index < -0.39 is 5.97 Å². The Balaban J connectivity index is 1.86. The molecule has 0 spiro atoms. The van der Waals surface area contributed by atoms with E-state index in [1.807, 2.05) is 12.5 Å². The van der Waals surface area contributed by atoms with E-state index in [-0.39, 0.29) is 5.92 Å². The van der Waals surface area contributed by atoms with E-state index in [4.69, 9.17) is 5.11 Å². The number of likely N-dealkylation sites (tertiary alicyclic amines) is 1. The second kappa shape index (κ2) is 4.65. The molecule has 88 valence electrons. The monoisotopic (exact) mass is 223 g/mol. The van der Waals surface area contributed by atoms with Gasteiger partial charge in [0.15, 0.2) is 0 Å². The Hall–Kier alpha value is -1.36. The van der Waals surface area contributed by atoms with Gasteiger partial charge >= 0.3 is 5.97 Å². The number of carbonyl (C=O) groups is 1. The van der Waals surface area contributed by atoms with E-state index in [9.17, 15) is 4.79 Å². The molecule has 0 unspecified atom stereocenters. The number of hydrogen-bond acceptors (Lipinski definition) is 3. The Morgan fingerprint density at radius 1 is 1.62 bits per heavy atom. The molecule has 1 saturated heterocycles. The Morgan fingerprint density at radius 3 is 3.00 bits per heavy atom. The Morgan fingerprint density at radius 2 is 2.38 bits per heavy atom. The van der Waals surface area contributed by atoms with Crippen molar-refractivity contribution in [1.29, 1.82) is 0 Å². The average molecular weight is 223 g/mol. The van der Waals surface area contributed by atoms with Gasteiger partial charge < -0.3 is 9.67 Å². The van der Waals surface area contributed by atoms with Crippen molar-refractivity contribution in [2.75, 3.05) is 13.1 Å². The summed E-state index contributed by atoms with van der Waals surface area (Å²) < 4.78 is 2.13. The SMILES string of the molecule is CCCn1cncc1CN1CC(C(=O)O)C1. The van der Waals surface area contributed by atoms with Crippen molar-refractivity contribution in [1.82, 2.24) is 14.5 Å². The highest BCUT2D eigenvalue weighted by molar-refractivity contribution is 5.71. The minimum Gasteiger partial charge on any atom is -0.481 e. The number of imidazole rings is 1. The summed E-state index contributed by atoms with van der Waals surface area (Å²) >= 11 is 0. The number of carboxylic acids is 1. The van der Waals surface area contributed by atoms with Crippen LogP contribution in [0.25, 0.3) is 0 Å². The fourth-order valence-electron chi connectivity index (χ4n) is 2.01. The van der Waals surface area contributed by atoms with Gasteiger partial charge in [-0.05, 0) is 6.42 Å². The van der Waals surface area contributed by atoms with Crippen LogP contribution in [0.1, 0.15) is 19.0 Å². The molecule has 0 aliphatic carbocycles. The largest absolute Gasteiger partial charge is 0.481 e. The molecule has 1 aromatic heterocycles. The molecule has 16 heavy (non-hydrogen) atoms. The quantitative estimate of drug-likeness (QED) is 0.802. The first-order valence-corrected chi connectivity index (χ1v) is 5.65. The molecule has 0 bridgehead atoms. The van der Waals surface area contributed by atoms with Crippen molar-refractivity contribution in [3.05, 3.63) is 18.2 Å². The molecule has 1 fully saturated rings. The number of nitrogens with zero attached hydrogens (tertiary/aromatic N) is 3. The first-order valence-electron chi connectivity index (χ1n) is 5.65. The molecule has 0 atom stereocenters. The van der Waals surface area contributed by atoms with Crippen LogP contribution in [0.3, 0.4) is 0 Å². The number of aryl methyl sites for hydroxylation is 1. The first-order chi connectivity index (χ1) is 7.70. The predicted octanol–water partition coefficient (Wildman–Crippen LogP) is 0.809. The van der Waals surface area contributed by atoms with Gasteiger partial charge in [0, 0.05) is 32.4 Å². The van der Waals surface area contributed by atoms with E-state index in [0.29, 0.717) is 13.1 Å². The number of aromatic nitrogens is 2. The summed E-state index contributed by atoms with van der Waals surface area (Å²) in [5.74, 6) is -0.860. The summed E-state index contributed by atoms with van der Waals surface area (Å²) in [7, 11) is 0. The summed E-state index contributed by atoms with van der Waals surface area (Å²) in [6.45, 7) is 5.24. The zero-order valence-corrected chi connectivity index (χ0v) is 9.46. The van der Waals surface area contributed by atoms with Crippen molar-refractivity contribution in [3.63, 3.8) is 0 Å². The van der Waals surface area contributed by atoms with Crippen LogP contribution in [0.5, 0.6) is 0 Å². The molecule has 5 nitrogen and oxygen atoms in total. The Kier molecular flexibility index (Phi) is 3.24. The van der Waals surface area contributed by atoms with Crippen LogP contribution in [0.15, 0.2) is 12.5 Å².